The molecule has 0 saturated carbocycles. The molecule has 3 rings (SSSR count). The van der Waals surface area contributed by atoms with Crippen LogP contribution >= 0.6 is 0 Å². The van der Waals surface area contributed by atoms with Crippen molar-refractivity contribution in [2.45, 2.75) is 20.0 Å². The molecule has 0 aliphatic carbocycles. The number of aliphatic imine (C=N–C) groups is 1. The Morgan fingerprint density at radius 1 is 1.17 bits per heavy atom. The molecule has 0 radical (unpaired) electrons. The molecule has 9 nitrogen and oxygen atoms in total. The molecule has 9 heteroatoms. The van der Waals surface area contributed by atoms with Crippen molar-refractivity contribution >= 4 is 17.9 Å². The predicted molar refractivity (Wildman–Crippen MR) is 110 cm³/mol. The molecule has 0 unspecified atom stereocenters. The number of hydrogen-bond donors (Lipinski definition) is 3. The molecule has 0 bridgehead atoms. The Morgan fingerprint density at radius 3 is 2.62 bits per heavy atom. The molecule has 0 atom stereocenters. The maximum absolute atomic E-state index is 11.7. The van der Waals surface area contributed by atoms with Crippen molar-refractivity contribution in [2.24, 2.45) is 4.99 Å². The second-order valence-electron chi connectivity index (χ2n) is 6.98. The van der Waals surface area contributed by atoms with E-state index in [1.54, 1.807) is 0 Å². The zero-order valence-electron chi connectivity index (χ0n) is 16.9. The number of rotatable bonds is 8. The van der Waals surface area contributed by atoms with E-state index in [0.29, 0.717) is 25.6 Å². The second kappa shape index (κ2) is 10.8. The molecule has 29 heavy (non-hydrogen) atoms. The molecule has 158 valence electrons. The molecule has 2 aliphatic rings. The van der Waals surface area contributed by atoms with E-state index in [-0.39, 0.29) is 18.5 Å². The number of hydrogen-bond acceptors (Lipinski definition) is 5. The molecule has 2 saturated heterocycles. The summed E-state index contributed by atoms with van der Waals surface area (Å²) in [5.74, 6) is 0.469. The van der Waals surface area contributed by atoms with Gasteiger partial charge in [0.1, 0.15) is 0 Å². The molecule has 2 fully saturated rings. The van der Waals surface area contributed by atoms with Crippen molar-refractivity contribution in [2.75, 3.05) is 52.5 Å². The number of benzene rings is 1. The van der Waals surface area contributed by atoms with Crippen molar-refractivity contribution in [1.82, 2.24) is 25.8 Å². The van der Waals surface area contributed by atoms with Gasteiger partial charge in [0, 0.05) is 39.3 Å². The van der Waals surface area contributed by atoms with Gasteiger partial charge in [0.25, 0.3) is 0 Å². The zero-order valence-corrected chi connectivity index (χ0v) is 16.9. The lowest BCUT2D eigenvalue weighted by molar-refractivity contribution is -0.124. The lowest BCUT2D eigenvalue weighted by atomic mass is 10.1. The van der Waals surface area contributed by atoms with Crippen molar-refractivity contribution < 1.29 is 14.3 Å². The minimum Gasteiger partial charge on any atom is -0.379 e. The highest BCUT2D eigenvalue weighted by atomic mass is 16.5. The van der Waals surface area contributed by atoms with Crippen LogP contribution in [0, 0.1) is 0 Å². The minimum atomic E-state index is -0.337. The molecule has 0 spiro atoms. The Hall–Kier alpha value is -2.65. The standard InChI is InChI=1S/C20H30N6O3/c1-2-21-19(22-7-8-26-18(27)14-24-20(26)28)23-13-16-5-3-4-6-17(16)15-25-9-11-29-12-10-25/h3-6H,2,7-15H2,1H3,(H,24,28)(H2,21,22,23). The maximum atomic E-state index is 11.7. The van der Waals surface area contributed by atoms with E-state index < -0.39 is 0 Å². The third-order valence-electron chi connectivity index (χ3n) is 4.93. The number of urea groups is 1. The molecule has 0 aromatic heterocycles. The van der Waals surface area contributed by atoms with Crippen LogP contribution in [-0.2, 0) is 22.6 Å². The van der Waals surface area contributed by atoms with E-state index in [2.05, 4.69) is 44.0 Å². The highest BCUT2D eigenvalue weighted by Gasteiger charge is 2.27. The fourth-order valence-electron chi connectivity index (χ4n) is 3.34. The number of carbonyl (C=O) groups is 2. The van der Waals surface area contributed by atoms with Crippen LogP contribution in [0.15, 0.2) is 29.3 Å². The summed E-state index contributed by atoms with van der Waals surface area (Å²) in [4.78, 5) is 31.6. The summed E-state index contributed by atoms with van der Waals surface area (Å²) in [6.07, 6.45) is 0. The lowest BCUT2D eigenvalue weighted by Gasteiger charge is -2.27. The predicted octanol–water partition coefficient (Wildman–Crippen LogP) is 0.126. The Morgan fingerprint density at radius 2 is 1.93 bits per heavy atom. The van der Waals surface area contributed by atoms with Gasteiger partial charge in [-0.1, -0.05) is 24.3 Å². The van der Waals surface area contributed by atoms with Crippen molar-refractivity contribution in [3.05, 3.63) is 35.4 Å². The highest BCUT2D eigenvalue weighted by Crippen LogP contribution is 2.14. The van der Waals surface area contributed by atoms with Gasteiger partial charge in [0.05, 0.1) is 26.3 Å². The fourth-order valence-corrected chi connectivity index (χ4v) is 3.34. The van der Waals surface area contributed by atoms with Crippen LogP contribution in [-0.4, -0.2) is 80.2 Å². The first kappa shape index (κ1) is 21.1. The van der Waals surface area contributed by atoms with Gasteiger partial charge >= 0.3 is 6.03 Å². The summed E-state index contributed by atoms with van der Waals surface area (Å²) in [7, 11) is 0. The number of nitrogens with one attached hydrogen (secondary N) is 3. The Labute approximate surface area is 171 Å². The van der Waals surface area contributed by atoms with Crippen molar-refractivity contribution in [1.29, 1.82) is 0 Å². The first-order valence-corrected chi connectivity index (χ1v) is 10.1. The molecule has 1 aromatic carbocycles. The Bertz CT molecular complexity index is 717. The fraction of sp³-hybridized carbons (Fsp3) is 0.550. The summed E-state index contributed by atoms with van der Waals surface area (Å²) >= 11 is 0. The van der Waals surface area contributed by atoms with E-state index in [9.17, 15) is 9.59 Å². The number of morpholine rings is 1. The molecule has 3 N–H and O–H groups in total. The average molecular weight is 402 g/mol. The summed E-state index contributed by atoms with van der Waals surface area (Å²) in [6.45, 7) is 8.47. The first-order chi connectivity index (χ1) is 14.2. The molecule has 1 aromatic rings. The minimum absolute atomic E-state index is 0.0763. The van der Waals surface area contributed by atoms with E-state index in [4.69, 9.17) is 4.74 Å². The average Bonchev–Trinajstić information content (AvgIpc) is 3.06. The van der Waals surface area contributed by atoms with Gasteiger partial charge in [0.15, 0.2) is 5.96 Å². The zero-order chi connectivity index (χ0) is 20.5. The molecule has 3 amide bonds. The number of nitrogens with zero attached hydrogens (tertiary/aromatic N) is 3. The number of guanidine groups is 1. The third kappa shape index (κ3) is 6.16. The van der Waals surface area contributed by atoms with Crippen LogP contribution in [0.3, 0.4) is 0 Å². The van der Waals surface area contributed by atoms with E-state index >= 15 is 0 Å². The smallest absolute Gasteiger partial charge is 0.324 e. The van der Waals surface area contributed by atoms with Crippen LogP contribution in [0.2, 0.25) is 0 Å². The topological polar surface area (TPSA) is 98.3 Å². The largest absolute Gasteiger partial charge is 0.379 e. The molecule has 2 heterocycles. The SMILES string of the molecule is CCNC(=NCc1ccccc1CN1CCOCC1)NCCN1C(=O)CNC1=O. The van der Waals surface area contributed by atoms with Gasteiger partial charge in [-0.25, -0.2) is 9.79 Å². The van der Waals surface area contributed by atoms with Crippen molar-refractivity contribution in [3.8, 4) is 0 Å². The molecular formula is C20H30N6O3. The Balaban J connectivity index is 1.56. The normalized spacial score (nSPS) is 18.1. The molecular weight excluding hydrogens is 372 g/mol. The lowest BCUT2D eigenvalue weighted by Crippen LogP contribution is -2.43. The number of carbonyl (C=O) groups excluding carboxylic acids is 2. The Kier molecular flexibility index (Phi) is 7.83. The van der Waals surface area contributed by atoms with E-state index in [1.807, 2.05) is 13.0 Å². The van der Waals surface area contributed by atoms with Crippen molar-refractivity contribution in [3.63, 3.8) is 0 Å². The van der Waals surface area contributed by atoms with E-state index in [0.717, 1.165) is 39.4 Å². The maximum Gasteiger partial charge on any atom is 0.324 e. The molecule has 2 aliphatic heterocycles. The van der Waals surface area contributed by atoms with Gasteiger partial charge in [-0.15, -0.1) is 0 Å². The van der Waals surface area contributed by atoms with Gasteiger partial charge in [0.2, 0.25) is 5.91 Å². The second-order valence-corrected chi connectivity index (χ2v) is 6.98. The highest BCUT2D eigenvalue weighted by molar-refractivity contribution is 6.01. The summed E-state index contributed by atoms with van der Waals surface area (Å²) < 4.78 is 5.43. The van der Waals surface area contributed by atoms with Crippen LogP contribution in [0.25, 0.3) is 0 Å². The van der Waals surface area contributed by atoms with E-state index in [1.165, 1.54) is 16.0 Å². The van der Waals surface area contributed by atoms with Crippen LogP contribution in [0.1, 0.15) is 18.1 Å². The van der Waals surface area contributed by atoms with Crippen LogP contribution in [0.4, 0.5) is 4.79 Å². The van der Waals surface area contributed by atoms with Gasteiger partial charge in [-0.3, -0.25) is 14.6 Å². The monoisotopic (exact) mass is 402 g/mol. The summed E-state index contributed by atoms with van der Waals surface area (Å²) in [5.41, 5.74) is 2.46. The quantitative estimate of drug-likeness (QED) is 0.325. The number of ether oxygens (including phenoxy) is 1. The van der Waals surface area contributed by atoms with Crippen LogP contribution < -0.4 is 16.0 Å². The summed E-state index contributed by atoms with van der Waals surface area (Å²) in [5, 5.41) is 8.93. The summed E-state index contributed by atoms with van der Waals surface area (Å²) in [6, 6.07) is 8.01. The third-order valence-corrected chi connectivity index (χ3v) is 4.93. The number of amides is 3. The van der Waals surface area contributed by atoms with Gasteiger partial charge in [-0.05, 0) is 18.1 Å². The van der Waals surface area contributed by atoms with Gasteiger partial charge in [-0.2, -0.15) is 0 Å². The number of imide groups is 1. The first-order valence-electron chi connectivity index (χ1n) is 10.1. The van der Waals surface area contributed by atoms with Crippen LogP contribution in [0.5, 0.6) is 0 Å². The van der Waals surface area contributed by atoms with Gasteiger partial charge < -0.3 is 20.7 Å².